The van der Waals surface area contributed by atoms with Gasteiger partial charge in [0.15, 0.2) is 0 Å². The average molecular weight is 222 g/mol. The van der Waals surface area contributed by atoms with E-state index in [0.717, 1.165) is 5.92 Å². The summed E-state index contributed by atoms with van der Waals surface area (Å²) >= 11 is 0. The summed E-state index contributed by atoms with van der Waals surface area (Å²) in [6, 6.07) is 0. The van der Waals surface area contributed by atoms with E-state index >= 15 is 0 Å². The van der Waals surface area contributed by atoms with E-state index in [-0.39, 0.29) is 12.4 Å². The topological polar surface area (TPSA) is 0 Å². The smallest absolute Gasteiger partial charge is 0.0810 e. The molecule has 0 amide bonds. The van der Waals surface area contributed by atoms with Crippen LogP contribution in [0.5, 0.6) is 0 Å². The van der Waals surface area contributed by atoms with Gasteiger partial charge in [0.1, 0.15) is 0 Å². The Bertz CT molecular complexity index is 123. The first kappa shape index (κ1) is 16.7. The standard InChI is InChI=1S/C12H28N.ClH/c1-6-9-10-12(7-2)11-13(4,5)8-3;/h12H,6-11H2,1-5H3;1H/q+1;/p-1. The van der Waals surface area contributed by atoms with E-state index in [4.69, 9.17) is 0 Å². The third kappa shape index (κ3) is 7.64. The summed E-state index contributed by atoms with van der Waals surface area (Å²) < 4.78 is 1.18. The van der Waals surface area contributed by atoms with Crippen molar-refractivity contribution in [1.29, 1.82) is 0 Å². The molecule has 0 aromatic rings. The van der Waals surface area contributed by atoms with Crippen LogP contribution in [0.4, 0.5) is 0 Å². The maximum atomic E-state index is 2.34. The largest absolute Gasteiger partial charge is 1.00 e. The lowest BCUT2D eigenvalue weighted by Gasteiger charge is -2.32. The van der Waals surface area contributed by atoms with Gasteiger partial charge < -0.3 is 16.9 Å². The van der Waals surface area contributed by atoms with Crippen molar-refractivity contribution in [1.82, 2.24) is 0 Å². The third-order valence-corrected chi connectivity index (χ3v) is 3.15. The Morgan fingerprint density at radius 2 is 1.64 bits per heavy atom. The van der Waals surface area contributed by atoms with Gasteiger partial charge in [-0.05, 0) is 19.8 Å². The van der Waals surface area contributed by atoms with Gasteiger partial charge in [0.25, 0.3) is 0 Å². The maximum Gasteiger partial charge on any atom is 0.0810 e. The van der Waals surface area contributed by atoms with Crippen LogP contribution >= 0.6 is 0 Å². The van der Waals surface area contributed by atoms with Crippen LogP contribution in [0, 0.1) is 5.92 Å². The second-order valence-electron chi connectivity index (χ2n) is 4.85. The van der Waals surface area contributed by atoms with E-state index in [1.807, 2.05) is 0 Å². The first-order valence-corrected chi connectivity index (χ1v) is 5.87. The van der Waals surface area contributed by atoms with E-state index in [1.54, 1.807) is 0 Å². The molecule has 0 fully saturated rings. The predicted octanol–water partition coefficient (Wildman–Crippen LogP) is 0.303. The lowest BCUT2D eigenvalue weighted by Crippen LogP contribution is -3.00. The summed E-state index contributed by atoms with van der Waals surface area (Å²) in [5.41, 5.74) is 0. The highest BCUT2D eigenvalue weighted by Gasteiger charge is 2.18. The normalized spacial score (nSPS) is 13.5. The van der Waals surface area contributed by atoms with E-state index in [1.165, 1.54) is 43.3 Å². The van der Waals surface area contributed by atoms with E-state index in [2.05, 4.69) is 34.9 Å². The number of nitrogens with zero attached hydrogens (tertiary/aromatic N) is 1. The van der Waals surface area contributed by atoms with Crippen LogP contribution in [0.1, 0.15) is 46.5 Å². The molecule has 0 aliphatic carbocycles. The Hall–Kier alpha value is 0.250. The van der Waals surface area contributed by atoms with Gasteiger partial charge in [0.05, 0.1) is 27.2 Å². The molecule has 0 saturated heterocycles. The summed E-state index contributed by atoms with van der Waals surface area (Å²) in [6.07, 6.45) is 5.52. The zero-order chi connectivity index (χ0) is 10.3. The summed E-state index contributed by atoms with van der Waals surface area (Å²) in [7, 11) is 4.68. The Balaban J connectivity index is 0. The Morgan fingerprint density at radius 1 is 1.07 bits per heavy atom. The second kappa shape index (κ2) is 8.55. The highest BCUT2D eigenvalue weighted by molar-refractivity contribution is 4.56. The molecule has 0 aromatic carbocycles. The van der Waals surface area contributed by atoms with Gasteiger partial charge in [-0.3, -0.25) is 0 Å². The second-order valence-corrected chi connectivity index (χ2v) is 4.85. The zero-order valence-electron chi connectivity index (χ0n) is 10.6. The average Bonchev–Trinajstić information content (AvgIpc) is 2.12. The van der Waals surface area contributed by atoms with Gasteiger partial charge >= 0.3 is 0 Å². The maximum absolute atomic E-state index is 2.34. The first-order valence-electron chi connectivity index (χ1n) is 5.87. The van der Waals surface area contributed by atoms with Crippen molar-refractivity contribution in [2.45, 2.75) is 46.5 Å². The van der Waals surface area contributed by atoms with Gasteiger partial charge in [-0.1, -0.05) is 26.7 Å². The third-order valence-electron chi connectivity index (χ3n) is 3.15. The summed E-state index contributed by atoms with van der Waals surface area (Å²) in [4.78, 5) is 0. The van der Waals surface area contributed by atoms with Crippen LogP contribution in [0.2, 0.25) is 0 Å². The molecule has 88 valence electrons. The molecule has 0 aromatic heterocycles. The Labute approximate surface area is 96.9 Å². The lowest BCUT2D eigenvalue weighted by molar-refractivity contribution is -0.892. The molecule has 0 heterocycles. The van der Waals surface area contributed by atoms with Crippen molar-refractivity contribution in [2.24, 2.45) is 5.92 Å². The summed E-state index contributed by atoms with van der Waals surface area (Å²) in [5.74, 6) is 0.940. The number of unbranched alkanes of at least 4 members (excludes halogenated alkanes) is 1. The summed E-state index contributed by atoms with van der Waals surface area (Å²) in [6.45, 7) is 9.50. The summed E-state index contributed by atoms with van der Waals surface area (Å²) in [5, 5.41) is 0. The van der Waals surface area contributed by atoms with Crippen molar-refractivity contribution >= 4 is 0 Å². The number of halogens is 1. The van der Waals surface area contributed by atoms with Crippen molar-refractivity contribution < 1.29 is 16.9 Å². The predicted molar refractivity (Wildman–Crippen MR) is 60.8 cm³/mol. The van der Waals surface area contributed by atoms with Crippen LogP contribution in [-0.4, -0.2) is 31.7 Å². The number of hydrogen-bond donors (Lipinski definition) is 0. The molecule has 0 aliphatic rings. The first-order chi connectivity index (χ1) is 6.05. The highest BCUT2D eigenvalue weighted by atomic mass is 35.5. The quantitative estimate of drug-likeness (QED) is 0.543. The monoisotopic (exact) mass is 221 g/mol. The van der Waals surface area contributed by atoms with E-state index in [9.17, 15) is 0 Å². The Kier molecular flexibility index (Phi) is 10.2. The Morgan fingerprint density at radius 3 is 2.00 bits per heavy atom. The van der Waals surface area contributed by atoms with Gasteiger partial charge in [-0.25, -0.2) is 0 Å². The number of rotatable bonds is 7. The molecule has 0 aliphatic heterocycles. The fourth-order valence-electron chi connectivity index (χ4n) is 1.75. The van der Waals surface area contributed by atoms with Gasteiger partial charge in [0.2, 0.25) is 0 Å². The van der Waals surface area contributed by atoms with Crippen LogP contribution in [0.15, 0.2) is 0 Å². The minimum atomic E-state index is 0. The highest BCUT2D eigenvalue weighted by Crippen LogP contribution is 2.16. The van der Waals surface area contributed by atoms with Gasteiger partial charge in [-0.15, -0.1) is 0 Å². The van der Waals surface area contributed by atoms with Crippen LogP contribution < -0.4 is 12.4 Å². The van der Waals surface area contributed by atoms with Crippen molar-refractivity contribution in [3.05, 3.63) is 0 Å². The molecule has 1 unspecified atom stereocenters. The zero-order valence-corrected chi connectivity index (χ0v) is 11.4. The van der Waals surface area contributed by atoms with Crippen molar-refractivity contribution in [2.75, 3.05) is 27.2 Å². The SMILES string of the molecule is CCCCC(CC)C[N+](C)(C)CC.[Cl-]. The van der Waals surface area contributed by atoms with Gasteiger partial charge in [0, 0.05) is 5.92 Å². The van der Waals surface area contributed by atoms with E-state index in [0.29, 0.717) is 0 Å². The minimum absolute atomic E-state index is 0. The van der Waals surface area contributed by atoms with E-state index < -0.39 is 0 Å². The fourth-order valence-corrected chi connectivity index (χ4v) is 1.75. The molecule has 0 rings (SSSR count). The molecule has 0 radical (unpaired) electrons. The number of quaternary nitrogens is 1. The minimum Gasteiger partial charge on any atom is -1.00 e. The molecule has 1 atom stereocenters. The van der Waals surface area contributed by atoms with Crippen LogP contribution in [-0.2, 0) is 0 Å². The molecular formula is C12H28ClN. The molecular weight excluding hydrogens is 194 g/mol. The molecule has 14 heavy (non-hydrogen) atoms. The molecule has 2 heteroatoms. The van der Waals surface area contributed by atoms with Crippen LogP contribution in [0.25, 0.3) is 0 Å². The van der Waals surface area contributed by atoms with Crippen LogP contribution in [0.3, 0.4) is 0 Å². The molecule has 1 nitrogen and oxygen atoms in total. The molecule has 0 bridgehead atoms. The lowest BCUT2D eigenvalue weighted by atomic mass is 9.98. The van der Waals surface area contributed by atoms with Crippen molar-refractivity contribution in [3.8, 4) is 0 Å². The molecule has 0 saturated carbocycles. The number of hydrogen-bond acceptors (Lipinski definition) is 0. The van der Waals surface area contributed by atoms with Gasteiger partial charge in [-0.2, -0.15) is 0 Å². The molecule has 0 spiro atoms. The van der Waals surface area contributed by atoms with Crippen molar-refractivity contribution in [3.63, 3.8) is 0 Å². The fraction of sp³-hybridized carbons (Fsp3) is 1.00. The molecule has 0 N–H and O–H groups in total.